The molecule has 0 unspecified atom stereocenters. The zero-order chi connectivity index (χ0) is 22.1. The van der Waals surface area contributed by atoms with Crippen molar-refractivity contribution in [2.75, 3.05) is 12.4 Å². The summed E-state index contributed by atoms with van der Waals surface area (Å²) in [5, 5.41) is 3.25. The van der Waals surface area contributed by atoms with Crippen molar-refractivity contribution in [2.24, 2.45) is 0 Å². The summed E-state index contributed by atoms with van der Waals surface area (Å²) in [5.74, 6) is -0.483. The van der Waals surface area contributed by atoms with Gasteiger partial charge >= 0.3 is 0 Å². The molecular weight excluding hydrogens is 439 g/mol. The molecule has 6 nitrogen and oxygen atoms in total. The molecule has 31 heavy (non-hydrogen) atoms. The summed E-state index contributed by atoms with van der Waals surface area (Å²) in [5.41, 5.74) is 2.65. The van der Waals surface area contributed by atoms with E-state index in [2.05, 4.69) is 15.3 Å². The lowest BCUT2D eigenvalue weighted by molar-refractivity contribution is 0.0786. The first-order valence-corrected chi connectivity index (χ1v) is 10.6. The lowest BCUT2D eigenvalue weighted by Gasteiger charge is -2.15. The molecule has 0 saturated carbocycles. The average molecular weight is 457 g/mol. The Bertz CT molecular complexity index is 1270. The molecule has 9 heteroatoms. The first kappa shape index (κ1) is 21.0. The number of nitrogens with one attached hydrogen (secondary N) is 2. The second-order valence-electron chi connectivity index (χ2n) is 7.06. The Labute approximate surface area is 186 Å². The van der Waals surface area contributed by atoms with Gasteiger partial charge in [0.05, 0.1) is 38.0 Å². The third-order valence-corrected chi connectivity index (χ3v) is 6.15. The minimum absolute atomic E-state index is 0.0210. The smallest absolute Gasteiger partial charge is 0.264 e. The van der Waals surface area contributed by atoms with Crippen molar-refractivity contribution in [3.63, 3.8) is 0 Å². The minimum atomic E-state index is -0.520. The fourth-order valence-corrected chi connectivity index (χ4v) is 4.47. The number of amides is 2. The van der Waals surface area contributed by atoms with Gasteiger partial charge in [0.25, 0.3) is 11.8 Å². The van der Waals surface area contributed by atoms with Crippen LogP contribution in [-0.2, 0) is 6.54 Å². The zero-order valence-corrected chi connectivity index (χ0v) is 18.3. The maximum absolute atomic E-state index is 13.2. The third-order valence-electron chi connectivity index (χ3n) is 4.70. The number of halogens is 2. The number of aromatic nitrogens is 2. The topological polar surface area (TPSA) is 78.1 Å². The maximum atomic E-state index is 13.2. The van der Waals surface area contributed by atoms with Gasteiger partial charge in [0, 0.05) is 7.05 Å². The van der Waals surface area contributed by atoms with Gasteiger partial charge in [-0.2, -0.15) is 0 Å². The maximum Gasteiger partial charge on any atom is 0.264 e. The Kier molecular flexibility index (Phi) is 5.75. The number of hydrogen-bond acceptors (Lipinski definition) is 4. The van der Waals surface area contributed by atoms with Gasteiger partial charge in [0.15, 0.2) is 0 Å². The number of para-hydroxylation sites is 2. The number of carbonyl (C=O) groups is 2. The van der Waals surface area contributed by atoms with Gasteiger partial charge in [-0.1, -0.05) is 23.7 Å². The molecule has 0 radical (unpaired) electrons. The molecule has 0 atom stereocenters. The van der Waals surface area contributed by atoms with Crippen LogP contribution in [0.2, 0.25) is 5.02 Å². The lowest BCUT2D eigenvalue weighted by Crippen LogP contribution is -2.26. The van der Waals surface area contributed by atoms with E-state index in [-0.39, 0.29) is 16.5 Å². The molecule has 158 valence electrons. The molecule has 2 amide bonds. The molecule has 0 aliphatic rings. The Morgan fingerprint density at radius 1 is 1.23 bits per heavy atom. The van der Waals surface area contributed by atoms with Gasteiger partial charge in [-0.05, 0) is 48.9 Å². The molecule has 2 heterocycles. The van der Waals surface area contributed by atoms with Crippen LogP contribution in [0.3, 0.4) is 0 Å². The van der Waals surface area contributed by atoms with E-state index in [4.69, 9.17) is 11.6 Å². The van der Waals surface area contributed by atoms with Crippen LogP contribution in [0, 0.1) is 12.7 Å². The van der Waals surface area contributed by atoms with E-state index in [1.165, 1.54) is 23.5 Å². The number of carbonyl (C=O) groups excluding carboxylic acids is 2. The van der Waals surface area contributed by atoms with Crippen molar-refractivity contribution < 1.29 is 14.0 Å². The molecular formula is C22H18ClFN4O2S. The molecule has 2 N–H and O–H groups in total. The van der Waals surface area contributed by atoms with E-state index in [1.54, 1.807) is 24.9 Å². The first-order chi connectivity index (χ1) is 14.8. The summed E-state index contributed by atoms with van der Waals surface area (Å²) < 4.78 is 13.2. The summed E-state index contributed by atoms with van der Waals surface area (Å²) >= 11 is 7.13. The highest BCUT2D eigenvalue weighted by atomic mass is 35.5. The Balaban J connectivity index is 1.48. The Hall–Kier alpha value is -3.23. The van der Waals surface area contributed by atoms with Crippen LogP contribution in [-0.4, -0.2) is 33.7 Å². The second kappa shape index (κ2) is 8.49. The van der Waals surface area contributed by atoms with Gasteiger partial charge in [0.2, 0.25) is 0 Å². The zero-order valence-electron chi connectivity index (χ0n) is 16.7. The van der Waals surface area contributed by atoms with Gasteiger partial charge in [0.1, 0.15) is 11.6 Å². The van der Waals surface area contributed by atoms with Crippen molar-refractivity contribution in [1.29, 1.82) is 0 Å². The SMILES string of the molecule is Cc1cc(NC(=O)c2ccc(F)cc2Cl)sc1C(=O)N(C)Cc1nc2ccccc2[nH]1. The quantitative estimate of drug-likeness (QED) is 0.430. The van der Waals surface area contributed by atoms with Crippen LogP contribution in [0.1, 0.15) is 31.4 Å². The molecule has 0 spiro atoms. The molecule has 4 aromatic rings. The average Bonchev–Trinajstić information content (AvgIpc) is 3.29. The highest BCUT2D eigenvalue weighted by Crippen LogP contribution is 2.29. The van der Waals surface area contributed by atoms with Gasteiger partial charge in [-0.15, -0.1) is 11.3 Å². The number of thiophene rings is 1. The number of fused-ring (bicyclic) bond motifs is 1. The predicted octanol–water partition coefficient (Wildman–Crippen LogP) is 5.25. The van der Waals surface area contributed by atoms with E-state index in [9.17, 15) is 14.0 Å². The Morgan fingerprint density at radius 2 is 2.00 bits per heavy atom. The van der Waals surface area contributed by atoms with Crippen LogP contribution < -0.4 is 5.32 Å². The van der Waals surface area contributed by atoms with Crippen molar-refractivity contribution >= 4 is 50.8 Å². The monoisotopic (exact) mass is 456 g/mol. The van der Waals surface area contributed by atoms with Crippen LogP contribution in [0.5, 0.6) is 0 Å². The highest BCUT2D eigenvalue weighted by molar-refractivity contribution is 7.18. The number of aryl methyl sites for hydroxylation is 1. The largest absolute Gasteiger partial charge is 0.340 e. The summed E-state index contributed by atoms with van der Waals surface area (Å²) in [6.45, 7) is 2.12. The normalized spacial score (nSPS) is 11.0. The molecule has 0 fully saturated rings. The minimum Gasteiger partial charge on any atom is -0.340 e. The van der Waals surface area contributed by atoms with E-state index < -0.39 is 11.7 Å². The van der Waals surface area contributed by atoms with E-state index in [0.29, 0.717) is 22.2 Å². The summed E-state index contributed by atoms with van der Waals surface area (Å²) in [6.07, 6.45) is 0. The van der Waals surface area contributed by atoms with Gasteiger partial charge in [-0.25, -0.2) is 9.37 Å². The predicted molar refractivity (Wildman–Crippen MR) is 120 cm³/mol. The van der Waals surface area contributed by atoms with E-state index in [0.717, 1.165) is 22.7 Å². The molecule has 0 bridgehead atoms. The van der Waals surface area contributed by atoms with Crippen LogP contribution in [0.4, 0.5) is 9.39 Å². The van der Waals surface area contributed by atoms with Crippen LogP contribution in [0.15, 0.2) is 48.5 Å². The number of rotatable bonds is 5. The van der Waals surface area contributed by atoms with Gasteiger partial charge < -0.3 is 15.2 Å². The number of benzene rings is 2. The third kappa shape index (κ3) is 4.45. The van der Waals surface area contributed by atoms with Crippen molar-refractivity contribution in [1.82, 2.24) is 14.9 Å². The summed E-state index contributed by atoms with van der Waals surface area (Å²) in [4.78, 5) is 35.2. The van der Waals surface area contributed by atoms with Crippen molar-refractivity contribution in [2.45, 2.75) is 13.5 Å². The number of H-pyrrole nitrogens is 1. The lowest BCUT2D eigenvalue weighted by atomic mass is 10.2. The fourth-order valence-electron chi connectivity index (χ4n) is 3.16. The summed E-state index contributed by atoms with van der Waals surface area (Å²) in [7, 11) is 1.70. The summed E-state index contributed by atoms with van der Waals surface area (Å²) in [6, 6.07) is 13.0. The number of anilines is 1. The standard InChI is InChI=1S/C22H18ClFN4O2S/c1-12-9-19(27-21(29)14-8-7-13(24)10-15(14)23)31-20(12)22(30)28(2)11-18-25-16-5-3-4-6-17(16)26-18/h3-10H,11H2,1-2H3,(H,25,26)(H,27,29). The number of imidazole rings is 1. The van der Waals surface area contributed by atoms with Gasteiger partial charge in [-0.3, -0.25) is 9.59 Å². The van der Waals surface area contributed by atoms with Crippen molar-refractivity contribution in [3.8, 4) is 0 Å². The highest BCUT2D eigenvalue weighted by Gasteiger charge is 2.20. The first-order valence-electron chi connectivity index (χ1n) is 9.38. The number of aromatic amines is 1. The van der Waals surface area contributed by atoms with Crippen LogP contribution in [0.25, 0.3) is 11.0 Å². The second-order valence-corrected chi connectivity index (χ2v) is 8.52. The van der Waals surface area contributed by atoms with Crippen molar-refractivity contribution in [3.05, 3.63) is 81.2 Å². The molecule has 0 aliphatic heterocycles. The number of nitrogens with zero attached hydrogens (tertiary/aromatic N) is 2. The Morgan fingerprint density at radius 3 is 2.74 bits per heavy atom. The van der Waals surface area contributed by atoms with E-state index >= 15 is 0 Å². The van der Waals surface area contributed by atoms with Crippen LogP contribution >= 0.6 is 22.9 Å². The molecule has 0 aliphatic carbocycles. The van der Waals surface area contributed by atoms with E-state index in [1.807, 2.05) is 24.3 Å². The molecule has 2 aromatic heterocycles. The molecule has 0 saturated heterocycles. The molecule has 4 rings (SSSR count). The fraction of sp³-hybridized carbons (Fsp3) is 0.136. The molecule has 2 aromatic carbocycles. The number of hydrogen-bond donors (Lipinski definition) is 2.